The Morgan fingerprint density at radius 2 is 2.33 bits per heavy atom. The zero-order valence-electron chi connectivity index (χ0n) is 9.88. The van der Waals surface area contributed by atoms with Gasteiger partial charge in [0.25, 0.3) is 0 Å². The van der Waals surface area contributed by atoms with Gasteiger partial charge >= 0.3 is 111 Å². The van der Waals surface area contributed by atoms with Crippen LogP contribution in [0.5, 0.6) is 5.75 Å². The molecule has 1 aromatic carbocycles. The van der Waals surface area contributed by atoms with Gasteiger partial charge in [0.05, 0.1) is 0 Å². The maximum absolute atomic E-state index is 11.7. The molecule has 0 bridgehead atoms. The van der Waals surface area contributed by atoms with Crippen LogP contribution >= 0.6 is 0 Å². The van der Waals surface area contributed by atoms with E-state index in [4.69, 9.17) is 9.47 Å². The van der Waals surface area contributed by atoms with Crippen molar-refractivity contribution in [1.29, 1.82) is 0 Å². The van der Waals surface area contributed by atoms with E-state index in [1.807, 2.05) is 12.1 Å². The van der Waals surface area contributed by atoms with Crippen LogP contribution in [0.25, 0.3) is 15.7 Å². The number of benzene rings is 1. The molecular weight excluding hydrogens is 295 g/mol. The minimum absolute atomic E-state index is 0.297. The van der Waals surface area contributed by atoms with Crippen molar-refractivity contribution in [3.05, 3.63) is 34.8 Å². The molecule has 0 saturated carbocycles. The summed E-state index contributed by atoms with van der Waals surface area (Å²) in [7, 11) is 0. The number of ether oxygens (including phenoxy) is 2. The molecule has 3 nitrogen and oxygen atoms in total. The van der Waals surface area contributed by atoms with Gasteiger partial charge < -0.3 is 0 Å². The summed E-state index contributed by atoms with van der Waals surface area (Å²) in [4.78, 5) is 13.9. The molecule has 1 aliphatic rings. The standard InChI is InChI=1S/C14H12O3Se/c1-2-16-14(15)11-6-5-9-3-4-10-7-8-18-13(10)12(9)17-11/h3-8,11H,2H2,1H3. The molecule has 0 N–H and O–H groups in total. The zero-order valence-corrected chi connectivity index (χ0v) is 11.6. The Kier molecular flexibility index (Phi) is 2.98. The average Bonchev–Trinajstić information content (AvgIpc) is 2.87. The fourth-order valence-corrected chi connectivity index (χ4v) is 3.86. The fourth-order valence-electron chi connectivity index (χ4n) is 1.98. The molecule has 3 rings (SSSR count). The summed E-state index contributed by atoms with van der Waals surface area (Å²) in [6, 6.07) is 6.23. The molecule has 2 heterocycles. The second-order valence-electron chi connectivity index (χ2n) is 3.97. The first-order chi connectivity index (χ1) is 8.79. The zero-order chi connectivity index (χ0) is 12.5. The molecule has 0 saturated heterocycles. The van der Waals surface area contributed by atoms with Crippen LogP contribution in [0.3, 0.4) is 0 Å². The number of carbonyl (C=O) groups excluding carboxylic acids is 1. The van der Waals surface area contributed by atoms with Gasteiger partial charge in [0.2, 0.25) is 0 Å². The Morgan fingerprint density at radius 3 is 3.17 bits per heavy atom. The number of rotatable bonds is 2. The second-order valence-corrected chi connectivity index (χ2v) is 5.89. The van der Waals surface area contributed by atoms with Gasteiger partial charge in [-0.1, -0.05) is 0 Å². The molecule has 0 spiro atoms. The van der Waals surface area contributed by atoms with E-state index in [1.165, 1.54) is 9.65 Å². The Balaban J connectivity index is 2.00. The molecule has 4 heteroatoms. The van der Waals surface area contributed by atoms with E-state index in [1.54, 1.807) is 13.0 Å². The first-order valence-corrected chi connectivity index (χ1v) is 7.66. The molecule has 1 aromatic heterocycles. The normalized spacial score (nSPS) is 17.3. The van der Waals surface area contributed by atoms with Gasteiger partial charge in [-0.05, 0) is 0 Å². The van der Waals surface area contributed by atoms with E-state index in [0.29, 0.717) is 21.1 Å². The molecular formula is C14H12O3Se. The van der Waals surface area contributed by atoms with Gasteiger partial charge in [-0.2, -0.15) is 0 Å². The summed E-state index contributed by atoms with van der Waals surface area (Å²) in [5, 5.41) is 1.20. The summed E-state index contributed by atoms with van der Waals surface area (Å²) in [6.07, 6.45) is 3.08. The van der Waals surface area contributed by atoms with Crippen LogP contribution in [0.1, 0.15) is 12.5 Å². The molecule has 1 aliphatic heterocycles. The van der Waals surface area contributed by atoms with Crippen LogP contribution in [0.4, 0.5) is 0 Å². The van der Waals surface area contributed by atoms with Crippen molar-refractivity contribution < 1.29 is 14.3 Å². The number of hydrogen-bond donors (Lipinski definition) is 0. The molecule has 92 valence electrons. The monoisotopic (exact) mass is 308 g/mol. The molecule has 2 aromatic rings. The van der Waals surface area contributed by atoms with Crippen LogP contribution in [-0.4, -0.2) is 33.2 Å². The number of esters is 1. The Bertz CT molecular complexity index is 627. The average molecular weight is 307 g/mol. The molecule has 0 fully saturated rings. The Labute approximate surface area is 111 Å². The summed E-state index contributed by atoms with van der Waals surface area (Å²) in [6.45, 7) is 2.17. The molecule has 0 radical (unpaired) electrons. The van der Waals surface area contributed by atoms with Gasteiger partial charge in [0, 0.05) is 0 Å². The van der Waals surface area contributed by atoms with Crippen molar-refractivity contribution in [2.45, 2.75) is 13.0 Å². The van der Waals surface area contributed by atoms with Crippen LogP contribution in [0.2, 0.25) is 0 Å². The minimum atomic E-state index is -0.611. The van der Waals surface area contributed by atoms with E-state index >= 15 is 0 Å². The van der Waals surface area contributed by atoms with Crippen molar-refractivity contribution in [3.8, 4) is 5.75 Å². The molecule has 1 atom stereocenters. The Hall–Kier alpha value is -1.51. The van der Waals surface area contributed by atoms with Crippen molar-refractivity contribution in [2.75, 3.05) is 6.61 Å². The summed E-state index contributed by atoms with van der Waals surface area (Å²) in [5.41, 5.74) is 1.04. The van der Waals surface area contributed by atoms with E-state index < -0.39 is 6.10 Å². The Morgan fingerprint density at radius 1 is 1.44 bits per heavy atom. The third-order valence-corrected chi connectivity index (χ3v) is 4.77. The first-order valence-electron chi connectivity index (χ1n) is 5.81. The van der Waals surface area contributed by atoms with Crippen LogP contribution in [-0.2, 0) is 9.53 Å². The van der Waals surface area contributed by atoms with Gasteiger partial charge in [0.15, 0.2) is 0 Å². The van der Waals surface area contributed by atoms with Gasteiger partial charge in [-0.3, -0.25) is 0 Å². The first kappa shape index (κ1) is 11.6. The maximum atomic E-state index is 11.7. The predicted molar refractivity (Wildman–Crippen MR) is 71.0 cm³/mol. The quantitative estimate of drug-likeness (QED) is 0.630. The molecule has 18 heavy (non-hydrogen) atoms. The fraction of sp³-hybridized carbons (Fsp3) is 0.214. The van der Waals surface area contributed by atoms with E-state index in [-0.39, 0.29) is 5.97 Å². The van der Waals surface area contributed by atoms with Gasteiger partial charge in [-0.15, -0.1) is 0 Å². The third kappa shape index (κ3) is 1.88. The SMILES string of the molecule is CCOC(=O)C1C=Cc2ccc3cc[se]c3c2O1. The van der Waals surface area contributed by atoms with E-state index in [9.17, 15) is 4.79 Å². The van der Waals surface area contributed by atoms with Crippen molar-refractivity contribution >= 4 is 36.2 Å². The summed E-state index contributed by atoms with van der Waals surface area (Å²) >= 11 is 0.297. The molecule has 0 aliphatic carbocycles. The number of fused-ring (bicyclic) bond motifs is 3. The third-order valence-electron chi connectivity index (χ3n) is 2.82. The van der Waals surface area contributed by atoms with Crippen molar-refractivity contribution in [2.24, 2.45) is 0 Å². The van der Waals surface area contributed by atoms with Crippen molar-refractivity contribution in [3.63, 3.8) is 0 Å². The summed E-state index contributed by atoms with van der Waals surface area (Å²) in [5.74, 6) is 0.522. The number of carbonyl (C=O) groups is 1. The summed E-state index contributed by atoms with van der Waals surface area (Å²) < 4.78 is 12.0. The molecule has 0 amide bonds. The number of hydrogen-bond acceptors (Lipinski definition) is 3. The van der Waals surface area contributed by atoms with Crippen LogP contribution in [0.15, 0.2) is 29.2 Å². The van der Waals surface area contributed by atoms with Gasteiger partial charge in [0.1, 0.15) is 0 Å². The second kappa shape index (κ2) is 4.63. The van der Waals surface area contributed by atoms with E-state index in [0.717, 1.165) is 11.3 Å². The van der Waals surface area contributed by atoms with Gasteiger partial charge in [-0.25, -0.2) is 0 Å². The predicted octanol–water partition coefficient (Wildman–Crippen LogP) is 2.23. The van der Waals surface area contributed by atoms with E-state index in [2.05, 4.69) is 17.1 Å². The van der Waals surface area contributed by atoms with Crippen molar-refractivity contribution in [1.82, 2.24) is 0 Å². The van der Waals surface area contributed by atoms with Crippen LogP contribution < -0.4 is 4.74 Å². The topological polar surface area (TPSA) is 35.5 Å². The molecule has 1 unspecified atom stereocenters. The van der Waals surface area contributed by atoms with Crippen LogP contribution in [0, 0.1) is 0 Å².